The van der Waals surface area contributed by atoms with Gasteiger partial charge in [0.15, 0.2) is 0 Å². The number of ether oxygens (including phenoxy) is 1. The Bertz CT molecular complexity index is 1640. The Morgan fingerprint density at radius 3 is 2.46 bits per heavy atom. The highest BCUT2D eigenvalue weighted by Gasteiger charge is 2.48. The highest BCUT2D eigenvalue weighted by atomic mass is 16.5. The van der Waals surface area contributed by atoms with Crippen LogP contribution in [0, 0.1) is 5.92 Å². The van der Waals surface area contributed by atoms with Crippen LogP contribution < -0.4 is 9.64 Å². The van der Waals surface area contributed by atoms with Gasteiger partial charge in [0.2, 0.25) is 5.95 Å². The number of aromatic hydroxyl groups is 1. The number of phenolic OH excluding ortho intramolecular Hbond substituents is 1. The van der Waals surface area contributed by atoms with Gasteiger partial charge in [-0.15, -0.1) is 0 Å². The molecule has 1 unspecified atom stereocenters. The SMILES string of the molecule is CC(C)COc1cccc(/C(O)=C2\C(=O)C(=O)N(c3nc4ccc(C(=O)O)cc4[nH]3)C2c2ccc(O)cc2)c1. The Morgan fingerprint density at radius 1 is 1.03 bits per heavy atom. The van der Waals surface area contributed by atoms with Gasteiger partial charge in [0.1, 0.15) is 17.3 Å². The zero-order chi connectivity index (χ0) is 27.8. The predicted molar refractivity (Wildman–Crippen MR) is 143 cm³/mol. The number of ketones is 1. The molecule has 4 aromatic rings. The molecule has 0 saturated carbocycles. The number of nitrogens with zero attached hydrogens (tertiary/aromatic N) is 2. The summed E-state index contributed by atoms with van der Waals surface area (Å²) in [7, 11) is 0. The van der Waals surface area contributed by atoms with E-state index in [2.05, 4.69) is 9.97 Å². The first-order valence-corrected chi connectivity index (χ1v) is 12.2. The number of aromatic nitrogens is 2. The fourth-order valence-electron chi connectivity index (χ4n) is 4.42. The molecular weight excluding hydrogens is 502 g/mol. The zero-order valence-electron chi connectivity index (χ0n) is 21.1. The van der Waals surface area contributed by atoms with Crippen LogP contribution in [0.4, 0.5) is 5.95 Å². The Labute approximate surface area is 222 Å². The van der Waals surface area contributed by atoms with Gasteiger partial charge in [-0.2, -0.15) is 0 Å². The monoisotopic (exact) mass is 527 g/mol. The molecule has 1 atom stereocenters. The molecule has 4 N–H and O–H groups in total. The molecule has 5 rings (SSSR count). The standard InChI is InChI=1S/C29H25N3O7/c1-15(2)14-39-20-5-3-4-17(12-20)25(34)23-24(16-6-9-19(33)10-7-16)32(27(36)26(23)35)29-30-21-11-8-18(28(37)38)13-22(21)31-29/h3-13,15,24,33-34H,14H2,1-2H3,(H,30,31)(H,37,38)/b25-23+. The lowest BCUT2D eigenvalue weighted by atomic mass is 9.95. The summed E-state index contributed by atoms with van der Waals surface area (Å²) < 4.78 is 5.76. The van der Waals surface area contributed by atoms with E-state index in [9.17, 15) is 29.7 Å². The molecule has 1 amide bonds. The lowest BCUT2D eigenvalue weighted by molar-refractivity contribution is -0.132. The van der Waals surface area contributed by atoms with Gasteiger partial charge in [-0.25, -0.2) is 9.78 Å². The molecular formula is C29H25N3O7. The number of benzene rings is 3. The fourth-order valence-corrected chi connectivity index (χ4v) is 4.42. The minimum atomic E-state index is -1.13. The molecule has 198 valence electrons. The molecule has 3 aromatic carbocycles. The van der Waals surface area contributed by atoms with Gasteiger partial charge in [-0.1, -0.05) is 38.1 Å². The van der Waals surface area contributed by atoms with Gasteiger partial charge in [-0.05, 0) is 53.9 Å². The molecule has 10 heteroatoms. The number of nitrogens with one attached hydrogen (secondary N) is 1. The molecule has 10 nitrogen and oxygen atoms in total. The van der Waals surface area contributed by atoms with Gasteiger partial charge in [0.05, 0.1) is 34.8 Å². The molecule has 2 heterocycles. The molecule has 1 aromatic heterocycles. The number of H-pyrrole nitrogens is 1. The minimum Gasteiger partial charge on any atom is -0.508 e. The van der Waals surface area contributed by atoms with Crippen LogP contribution in [0.5, 0.6) is 11.5 Å². The van der Waals surface area contributed by atoms with Crippen molar-refractivity contribution in [1.82, 2.24) is 9.97 Å². The van der Waals surface area contributed by atoms with Crippen LogP contribution >= 0.6 is 0 Å². The van der Waals surface area contributed by atoms with E-state index in [0.29, 0.717) is 29.0 Å². The van der Waals surface area contributed by atoms with Crippen LogP contribution in [0.15, 0.2) is 72.3 Å². The summed E-state index contributed by atoms with van der Waals surface area (Å²) >= 11 is 0. The topological polar surface area (TPSA) is 153 Å². The third-order valence-corrected chi connectivity index (χ3v) is 6.29. The van der Waals surface area contributed by atoms with Crippen LogP contribution in [0.1, 0.15) is 41.4 Å². The Balaban J connectivity index is 1.65. The quantitative estimate of drug-likeness (QED) is 0.154. The van der Waals surface area contributed by atoms with Crippen LogP contribution in [0.2, 0.25) is 0 Å². The fraction of sp³-hybridized carbons (Fsp3) is 0.172. The van der Waals surface area contributed by atoms with Gasteiger partial charge in [0, 0.05) is 5.56 Å². The molecule has 0 aliphatic carbocycles. The van der Waals surface area contributed by atoms with Crippen molar-refractivity contribution in [3.63, 3.8) is 0 Å². The number of carbonyl (C=O) groups is 3. The van der Waals surface area contributed by atoms with E-state index in [0.717, 1.165) is 4.90 Å². The summed E-state index contributed by atoms with van der Waals surface area (Å²) in [6.07, 6.45) is 0. The molecule has 1 aliphatic rings. The molecule has 39 heavy (non-hydrogen) atoms. The lowest BCUT2D eigenvalue weighted by Crippen LogP contribution is -2.30. The minimum absolute atomic E-state index is 0.000723. The maximum Gasteiger partial charge on any atom is 0.335 e. The van der Waals surface area contributed by atoms with Gasteiger partial charge in [-0.3, -0.25) is 14.5 Å². The van der Waals surface area contributed by atoms with E-state index >= 15 is 0 Å². The summed E-state index contributed by atoms with van der Waals surface area (Å²) in [5.74, 6) is -2.63. The van der Waals surface area contributed by atoms with Crippen molar-refractivity contribution in [2.75, 3.05) is 11.5 Å². The largest absolute Gasteiger partial charge is 0.508 e. The van der Waals surface area contributed by atoms with E-state index in [1.54, 1.807) is 36.4 Å². The van der Waals surface area contributed by atoms with E-state index in [1.165, 1.54) is 30.3 Å². The van der Waals surface area contributed by atoms with Crippen molar-refractivity contribution in [2.24, 2.45) is 5.92 Å². The first-order chi connectivity index (χ1) is 18.6. The van der Waals surface area contributed by atoms with E-state index < -0.39 is 29.5 Å². The lowest BCUT2D eigenvalue weighted by Gasteiger charge is -2.23. The number of anilines is 1. The number of rotatable bonds is 7. The number of hydrogen-bond acceptors (Lipinski definition) is 7. The number of carbonyl (C=O) groups excluding carboxylic acids is 2. The number of amides is 1. The van der Waals surface area contributed by atoms with Crippen molar-refractivity contribution in [3.8, 4) is 11.5 Å². The number of aliphatic hydroxyl groups is 1. The number of hydrogen-bond donors (Lipinski definition) is 4. The number of aromatic amines is 1. The molecule has 0 bridgehead atoms. The van der Waals surface area contributed by atoms with E-state index in [4.69, 9.17) is 4.74 Å². The molecule has 0 spiro atoms. The highest BCUT2D eigenvalue weighted by molar-refractivity contribution is 6.51. The summed E-state index contributed by atoms with van der Waals surface area (Å²) in [6.45, 7) is 4.46. The van der Waals surface area contributed by atoms with Crippen LogP contribution in [0.25, 0.3) is 16.8 Å². The number of fused-ring (bicyclic) bond motifs is 1. The Morgan fingerprint density at radius 2 is 1.77 bits per heavy atom. The number of Topliss-reactive ketones (excluding diaryl/α,β-unsaturated/α-hetero) is 1. The number of phenols is 1. The third-order valence-electron chi connectivity index (χ3n) is 6.29. The van der Waals surface area contributed by atoms with Gasteiger partial charge < -0.3 is 25.0 Å². The summed E-state index contributed by atoms with van der Waals surface area (Å²) in [6, 6.07) is 15.7. The Kier molecular flexibility index (Phi) is 6.53. The normalized spacial score (nSPS) is 16.8. The van der Waals surface area contributed by atoms with Crippen molar-refractivity contribution >= 4 is 40.4 Å². The number of carboxylic acids is 1. The van der Waals surface area contributed by atoms with Crippen molar-refractivity contribution < 1.29 is 34.4 Å². The average molecular weight is 528 g/mol. The van der Waals surface area contributed by atoms with Crippen molar-refractivity contribution in [1.29, 1.82) is 0 Å². The highest BCUT2D eigenvalue weighted by Crippen LogP contribution is 2.42. The second-order valence-electron chi connectivity index (χ2n) is 9.59. The summed E-state index contributed by atoms with van der Waals surface area (Å²) in [4.78, 5) is 46.7. The molecule has 1 fully saturated rings. The number of imidazole rings is 1. The molecule has 0 radical (unpaired) electrons. The van der Waals surface area contributed by atoms with Crippen LogP contribution in [-0.2, 0) is 9.59 Å². The second kappa shape index (κ2) is 9.97. The number of aromatic carboxylic acids is 1. The van der Waals surface area contributed by atoms with E-state index in [1.807, 2.05) is 13.8 Å². The van der Waals surface area contributed by atoms with Gasteiger partial charge >= 0.3 is 11.9 Å². The summed E-state index contributed by atoms with van der Waals surface area (Å²) in [5.41, 5.74) is 1.32. The molecule has 1 aliphatic heterocycles. The second-order valence-corrected chi connectivity index (χ2v) is 9.59. The summed E-state index contributed by atoms with van der Waals surface area (Å²) in [5, 5.41) is 30.5. The van der Waals surface area contributed by atoms with Crippen LogP contribution in [-0.4, -0.2) is 49.6 Å². The number of carboxylic acid groups (broad SMARTS) is 1. The zero-order valence-corrected chi connectivity index (χ0v) is 21.1. The van der Waals surface area contributed by atoms with Gasteiger partial charge in [0.25, 0.3) is 5.78 Å². The number of aliphatic hydroxyl groups excluding tert-OH is 1. The smallest absolute Gasteiger partial charge is 0.335 e. The third kappa shape index (κ3) is 4.79. The van der Waals surface area contributed by atoms with Crippen molar-refractivity contribution in [2.45, 2.75) is 19.9 Å². The predicted octanol–water partition coefficient (Wildman–Crippen LogP) is 4.63. The maximum absolute atomic E-state index is 13.4. The molecule has 1 saturated heterocycles. The van der Waals surface area contributed by atoms with Crippen LogP contribution in [0.3, 0.4) is 0 Å². The van der Waals surface area contributed by atoms with Crippen molar-refractivity contribution in [3.05, 3.63) is 89.0 Å². The Hall–Kier alpha value is -5.12. The first-order valence-electron chi connectivity index (χ1n) is 12.2. The maximum atomic E-state index is 13.4. The van der Waals surface area contributed by atoms with E-state index in [-0.39, 0.29) is 34.3 Å². The average Bonchev–Trinajstić information content (AvgIpc) is 3.45. The first kappa shape index (κ1) is 25.5.